The number of benzene rings is 3. The Morgan fingerprint density at radius 1 is 1.08 bits per heavy atom. The maximum atomic E-state index is 13.6. The molecule has 7 nitrogen and oxygen atoms in total. The lowest BCUT2D eigenvalue weighted by molar-refractivity contribution is -0.140. The summed E-state index contributed by atoms with van der Waals surface area (Å²) in [6, 6.07) is 15.2. The van der Waals surface area contributed by atoms with Crippen molar-refractivity contribution in [2.45, 2.75) is 69.0 Å². The maximum absolute atomic E-state index is 13.6. The predicted molar refractivity (Wildman–Crippen MR) is 155 cm³/mol. The van der Waals surface area contributed by atoms with E-state index >= 15 is 0 Å². The number of nitrogens with zero attached hydrogens (tertiary/aromatic N) is 2. The molecule has 1 N–H and O–H groups in total. The summed E-state index contributed by atoms with van der Waals surface area (Å²) >= 11 is 12.5. The molecule has 10 heteroatoms. The van der Waals surface area contributed by atoms with Crippen molar-refractivity contribution in [3.05, 3.63) is 70.2 Å². The van der Waals surface area contributed by atoms with Gasteiger partial charge >= 0.3 is 0 Å². The number of nitrogens with one attached hydrogen (secondary N) is 1. The van der Waals surface area contributed by atoms with Crippen LogP contribution in [0.3, 0.4) is 0 Å². The van der Waals surface area contributed by atoms with Crippen molar-refractivity contribution in [3.8, 4) is 0 Å². The van der Waals surface area contributed by atoms with E-state index in [1.54, 1.807) is 43.3 Å². The minimum Gasteiger partial charge on any atom is -0.352 e. The van der Waals surface area contributed by atoms with E-state index in [2.05, 4.69) is 5.32 Å². The van der Waals surface area contributed by atoms with Crippen molar-refractivity contribution in [3.63, 3.8) is 0 Å². The number of halogens is 2. The normalized spacial score (nSPS) is 16.9. The maximum Gasteiger partial charge on any atom is 0.265 e. The zero-order valence-electron chi connectivity index (χ0n) is 21.7. The highest BCUT2D eigenvalue weighted by molar-refractivity contribution is 7.93. The Balaban J connectivity index is 1.31. The molecule has 0 saturated heterocycles. The van der Waals surface area contributed by atoms with Gasteiger partial charge in [-0.25, -0.2) is 8.42 Å². The summed E-state index contributed by atoms with van der Waals surface area (Å²) in [6.07, 6.45) is 4.41. The third kappa shape index (κ3) is 5.60. The van der Waals surface area contributed by atoms with E-state index in [4.69, 9.17) is 23.2 Å². The van der Waals surface area contributed by atoms with Crippen LogP contribution in [0.25, 0.3) is 10.8 Å². The van der Waals surface area contributed by atoms with Crippen LogP contribution in [0.4, 0.5) is 5.69 Å². The van der Waals surface area contributed by atoms with Gasteiger partial charge in [0.2, 0.25) is 11.8 Å². The van der Waals surface area contributed by atoms with Gasteiger partial charge in [0.25, 0.3) is 10.0 Å². The second-order valence-corrected chi connectivity index (χ2v) is 12.9. The minimum atomic E-state index is -3.70. The van der Waals surface area contributed by atoms with Crippen LogP contribution in [0.15, 0.2) is 59.5 Å². The zero-order valence-corrected chi connectivity index (χ0v) is 24.0. The highest BCUT2D eigenvalue weighted by Gasteiger charge is 2.35. The quantitative estimate of drug-likeness (QED) is 0.337. The largest absolute Gasteiger partial charge is 0.352 e. The summed E-state index contributed by atoms with van der Waals surface area (Å²) in [6.45, 7) is 2.01. The van der Waals surface area contributed by atoms with E-state index in [-0.39, 0.29) is 42.3 Å². The molecule has 206 valence electrons. The first kappa shape index (κ1) is 27.7. The van der Waals surface area contributed by atoms with Crippen LogP contribution in [-0.2, 0) is 26.2 Å². The average Bonchev–Trinajstić information content (AvgIpc) is 3.49. The van der Waals surface area contributed by atoms with Gasteiger partial charge in [-0.1, -0.05) is 66.4 Å². The molecule has 1 saturated carbocycles. The Morgan fingerprint density at radius 2 is 1.79 bits per heavy atom. The molecule has 2 amide bonds. The lowest BCUT2D eigenvalue weighted by atomic mass is 10.1. The van der Waals surface area contributed by atoms with E-state index in [9.17, 15) is 18.0 Å². The summed E-state index contributed by atoms with van der Waals surface area (Å²) in [5.74, 6) is -0.452. The average molecular weight is 589 g/mol. The fourth-order valence-corrected chi connectivity index (χ4v) is 7.74. The minimum absolute atomic E-state index is 0.0740. The highest BCUT2D eigenvalue weighted by atomic mass is 35.5. The molecule has 1 fully saturated rings. The van der Waals surface area contributed by atoms with Crippen LogP contribution in [0.2, 0.25) is 10.0 Å². The van der Waals surface area contributed by atoms with Crippen molar-refractivity contribution in [2.24, 2.45) is 0 Å². The number of rotatable bonds is 9. The molecular weight excluding hydrogens is 557 g/mol. The number of sulfonamides is 1. The van der Waals surface area contributed by atoms with Gasteiger partial charge in [0.1, 0.15) is 6.04 Å². The van der Waals surface area contributed by atoms with Crippen molar-refractivity contribution in [1.29, 1.82) is 0 Å². The smallest absolute Gasteiger partial charge is 0.265 e. The molecule has 0 aromatic heterocycles. The SMILES string of the molecule is C[C@H](C(=O)NC1CCCC1)N(Cc1ccc(Cl)cc1Cl)C(=O)CCCN1c2cccc3cccc(c23)S1(=O)=O. The number of hydrogen-bond acceptors (Lipinski definition) is 4. The molecule has 2 aliphatic rings. The van der Waals surface area contributed by atoms with Gasteiger partial charge in [0, 0.05) is 41.0 Å². The van der Waals surface area contributed by atoms with Crippen LogP contribution in [0.5, 0.6) is 0 Å². The molecule has 1 atom stereocenters. The van der Waals surface area contributed by atoms with Gasteiger partial charge in [-0.3, -0.25) is 13.9 Å². The van der Waals surface area contributed by atoms with E-state index in [0.717, 1.165) is 31.1 Å². The van der Waals surface area contributed by atoms with E-state index in [1.165, 1.54) is 9.21 Å². The summed E-state index contributed by atoms with van der Waals surface area (Å²) < 4.78 is 28.0. The third-order valence-electron chi connectivity index (χ3n) is 7.66. The number of carbonyl (C=O) groups is 2. The predicted octanol–water partition coefficient (Wildman–Crippen LogP) is 5.91. The van der Waals surface area contributed by atoms with Crippen LogP contribution in [0.1, 0.15) is 51.0 Å². The Hall–Kier alpha value is -2.81. The molecule has 1 aliphatic carbocycles. The molecule has 5 rings (SSSR count). The topological polar surface area (TPSA) is 86.8 Å². The van der Waals surface area contributed by atoms with Crippen LogP contribution in [-0.4, -0.2) is 43.8 Å². The van der Waals surface area contributed by atoms with Crippen LogP contribution < -0.4 is 9.62 Å². The third-order valence-corrected chi connectivity index (χ3v) is 10.1. The highest BCUT2D eigenvalue weighted by Crippen LogP contribution is 2.42. The molecular formula is C29H31Cl2N3O4S. The van der Waals surface area contributed by atoms with Gasteiger partial charge < -0.3 is 10.2 Å². The number of amides is 2. The van der Waals surface area contributed by atoms with Gasteiger partial charge in [-0.2, -0.15) is 0 Å². The lowest BCUT2D eigenvalue weighted by Gasteiger charge is -2.30. The molecule has 1 aliphatic heterocycles. The molecule has 39 heavy (non-hydrogen) atoms. The molecule has 1 heterocycles. The Bertz CT molecular complexity index is 1520. The molecule has 3 aromatic carbocycles. The Morgan fingerprint density at radius 3 is 2.51 bits per heavy atom. The van der Waals surface area contributed by atoms with Crippen molar-refractivity contribution >= 4 is 61.5 Å². The summed E-state index contributed by atoms with van der Waals surface area (Å²) in [7, 11) is -3.70. The Labute approximate surface area is 239 Å². The number of hydrogen-bond donors (Lipinski definition) is 1. The second-order valence-electron chi connectivity index (χ2n) is 10.2. The van der Waals surface area contributed by atoms with Gasteiger partial charge in [0.15, 0.2) is 0 Å². The van der Waals surface area contributed by atoms with Gasteiger partial charge in [-0.15, -0.1) is 0 Å². The summed E-state index contributed by atoms with van der Waals surface area (Å²) in [4.78, 5) is 28.5. The van der Waals surface area contributed by atoms with E-state index in [1.807, 2.05) is 18.2 Å². The van der Waals surface area contributed by atoms with Crippen molar-refractivity contribution in [2.75, 3.05) is 10.8 Å². The summed E-state index contributed by atoms with van der Waals surface area (Å²) in [5, 5.41) is 5.55. The Kier molecular flexibility index (Phi) is 8.08. The first-order chi connectivity index (χ1) is 18.7. The molecule has 0 spiro atoms. The van der Waals surface area contributed by atoms with Crippen LogP contribution >= 0.6 is 23.2 Å². The second kappa shape index (κ2) is 11.4. The zero-order chi connectivity index (χ0) is 27.7. The standard InChI is InChI=1S/C29H31Cl2N3O4S/c1-19(29(36)32-23-9-2-3-10-23)33(18-21-14-15-22(30)17-24(21)31)27(35)13-6-16-34-25-11-4-7-20-8-5-12-26(28(20)25)39(34,37)38/h4-5,7-8,11-12,14-15,17,19,23H,2-3,6,9-10,13,16,18H2,1H3,(H,32,36)/t19-/m1/s1. The monoisotopic (exact) mass is 587 g/mol. The van der Waals surface area contributed by atoms with Gasteiger partial charge in [-0.05, 0) is 61.4 Å². The molecule has 0 radical (unpaired) electrons. The lowest BCUT2D eigenvalue weighted by Crippen LogP contribution is -2.49. The van der Waals surface area contributed by atoms with Crippen LogP contribution in [0, 0.1) is 0 Å². The first-order valence-corrected chi connectivity index (χ1v) is 15.4. The number of carbonyl (C=O) groups excluding carboxylic acids is 2. The van der Waals surface area contributed by atoms with E-state index in [0.29, 0.717) is 33.1 Å². The molecule has 0 bridgehead atoms. The molecule has 3 aromatic rings. The van der Waals surface area contributed by atoms with Gasteiger partial charge in [0.05, 0.1) is 10.6 Å². The van der Waals surface area contributed by atoms with Crippen molar-refractivity contribution in [1.82, 2.24) is 10.2 Å². The molecule has 0 unspecified atom stereocenters. The fourth-order valence-electron chi connectivity index (χ4n) is 5.52. The fraction of sp³-hybridized carbons (Fsp3) is 0.379. The van der Waals surface area contributed by atoms with Crippen molar-refractivity contribution < 1.29 is 18.0 Å². The summed E-state index contributed by atoms with van der Waals surface area (Å²) in [5.41, 5.74) is 1.31. The number of anilines is 1. The first-order valence-electron chi connectivity index (χ1n) is 13.2. The van der Waals surface area contributed by atoms with E-state index < -0.39 is 16.1 Å².